The number of aryl methyl sites for hydroxylation is 3. The lowest BCUT2D eigenvalue weighted by atomic mass is 10.0. The van der Waals surface area contributed by atoms with E-state index in [0.717, 1.165) is 33.3 Å². The number of benzene rings is 2. The highest BCUT2D eigenvalue weighted by molar-refractivity contribution is 5.91. The number of fused-ring (bicyclic) bond motifs is 1. The molecule has 1 aliphatic heterocycles. The van der Waals surface area contributed by atoms with Gasteiger partial charge in [-0.3, -0.25) is 4.79 Å². The number of hydrogen-bond acceptors (Lipinski definition) is 3. The zero-order valence-electron chi connectivity index (χ0n) is 17.7. The van der Waals surface area contributed by atoms with Crippen molar-refractivity contribution < 1.29 is 14.0 Å². The largest absolute Gasteiger partial charge is 0.464 e. The first-order chi connectivity index (χ1) is 14.4. The summed E-state index contributed by atoms with van der Waals surface area (Å²) in [5.41, 5.74) is 5.94. The summed E-state index contributed by atoms with van der Waals surface area (Å²) in [7, 11) is 0. The van der Waals surface area contributed by atoms with Gasteiger partial charge in [0.25, 0.3) is 0 Å². The van der Waals surface area contributed by atoms with E-state index in [2.05, 4.69) is 18.3 Å². The van der Waals surface area contributed by atoms with Crippen LogP contribution in [0.25, 0.3) is 11.0 Å². The molecule has 1 N–H and O–H groups in total. The van der Waals surface area contributed by atoms with Crippen molar-refractivity contribution in [2.24, 2.45) is 0 Å². The smallest absolute Gasteiger partial charge is 0.321 e. The topological polar surface area (TPSA) is 65.8 Å². The fraction of sp³-hybridized carbons (Fsp3) is 0.333. The number of anilines is 1. The van der Waals surface area contributed by atoms with Gasteiger partial charge < -0.3 is 19.5 Å². The molecular formula is C24H27N3O3. The summed E-state index contributed by atoms with van der Waals surface area (Å²) in [6.45, 7) is 8.19. The molecule has 156 valence electrons. The molecule has 0 bridgehead atoms. The maximum absolute atomic E-state index is 12.8. The fourth-order valence-electron chi connectivity index (χ4n) is 3.88. The number of nitrogens with zero attached hydrogens (tertiary/aromatic N) is 2. The van der Waals surface area contributed by atoms with Crippen LogP contribution >= 0.6 is 0 Å². The van der Waals surface area contributed by atoms with Gasteiger partial charge in [-0.05, 0) is 49.6 Å². The minimum absolute atomic E-state index is 0.0645. The van der Waals surface area contributed by atoms with Crippen molar-refractivity contribution in [3.05, 3.63) is 64.9 Å². The summed E-state index contributed by atoms with van der Waals surface area (Å²) in [6, 6.07) is 11.7. The number of urea groups is 1. The first kappa shape index (κ1) is 20.0. The highest BCUT2D eigenvalue weighted by atomic mass is 16.3. The van der Waals surface area contributed by atoms with E-state index in [4.69, 9.17) is 4.42 Å². The second kappa shape index (κ2) is 8.22. The monoisotopic (exact) mass is 405 g/mol. The number of carbonyl (C=O) groups is 2. The number of nitrogens with one attached hydrogen (secondary N) is 1. The molecule has 1 saturated heterocycles. The normalized spacial score (nSPS) is 14.2. The Bertz CT molecular complexity index is 1090. The van der Waals surface area contributed by atoms with E-state index in [1.165, 1.54) is 5.56 Å². The first-order valence-corrected chi connectivity index (χ1v) is 10.3. The van der Waals surface area contributed by atoms with Crippen molar-refractivity contribution in [1.29, 1.82) is 0 Å². The summed E-state index contributed by atoms with van der Waals surface area (Å²) < 4.78 is 5.73. The number of amides is 3. The maximum atomic E-state index is 12.8. The van der Waals surface area contributed by atoms with Crippen LogP contribution in [-0.4, -0.2) is 47.9 Å². The van der Waals surface area contributed by atoms with Crippen LogP contribution in [0.15, 0.2) is 47.1 Å². The number of hydrogen-bond donors (Lipinski definition) is 1. The van der Waals surface area contributed by atoms with Crippen molar-refractivity contribution in [3.63, 3.8) is 0 Å². The predicted octanol–water partition coefficient (Wildman–Crippen LogP) is 4.28. The molecule has 1 aliphatic rings. The third-order valence-electron chi connectivity index (χ3n) is 5.87. The van der Waals surface area contributed by atoms with Gasteiger partial charge in [-0.2, -0.15) is 0 Å². The maximum Gasteiger partial charge on any atom is 0.321 e. The van der Waals surface area contributed by atoms with E-state index in [1.807, 2.05) is 49.1 Å². The standard InChI is InChI=1S/C24H27N3O3/c1-16-5-4-6-20(13-16)25-24(29)27-11-9-26(10-12-27)22(28)14-19-15-30-23-18(3)17(2)7-8-21(19)23/h4-8,13,15H,9-12,14H2,1-3H3,(H,25,29). The lowest BCUT2D eigenvalue weighted by molar-refractivity contribution is -0.131. The van der Waals surface area contributed by atoms with Gasteiger partial charge in [0.05, 0.1) is 12.7 Å². The molecule has 0 saturated carbocycles. The van der Waals surface area contributed by atoms with Gasteiger partial charge in [-0.1, -0.05) is 24.3 Å². The molecule has 1 aromatic heterocycles. The molecule has 2 aromatic carbocycles. The van der Waals surface area contributed by atoms with Gasteiger partial charge in [0.1, 0.15) is 5.58 Å². The van der Waals surface area contributed by atoms with Crippen LogP contribution in [-0.2, 0) is 11.2 Å². The molecule has 0 radical (unpaired) electrons. The van der Waals surface area contributed by atoms with Crippen molar-refractivity contribution in [2.75, 3.05) is 31.5 Å². The first-order valence-electron chi connectivity index (χ1n) is 10.3. The summed E-state index contributed by atoms with van der Waals surface area (Å²) in [4.78, 5) is 28.9. The molecule has 2 heterocycles. The summed E-state index contributed by atoms with van der Waals surface area (Å²) in [5, 5.41) is 3.94. The fourth-order valence-corrected chi connectivity index (χ4v) is 3.88. The van der Waals surface area contributed by atoms with Gasteiger partial charge in [0.2, 0.25) is 5.91 Å². The molecule has 0 unspecified atom stereocenters. The molecule has 6 heteroatoms. The van der Waals surface area contributed by atoms with E-state index in [9.17, 15) is 9.59 Å². The molecule has 6 nitrogen and oxygen atoms in total. The summed E-state index contributed by atoms with van der Waals surface area (Å²) >= 11 is 0. The Labute approximate surface area is 176 Å². The van der Waals surface area contributed by atoms with Crippen LogP contribution in [0.4, 0.5) is 10.5 Å². The quantitative estimate of drug-likeness (QED) is 0.707. The Hall–Kier alpha value is -3.28. The zero-order chi connectivity index (χ0) is 21.3. The van der Waals surface area contributed by atoms with Crippen LogP contribution in [0.5, 0.6) is 0 Å². The minimum atomic E-state index is -0.126. The Morgan fingerprint density at radius 2 is 1.73 bits per heavy atom. The Morgan fingerprint density at radius 1 is 1.00 bits per heavy atom. The van der Waals surface area contributed by atoms with Crippen molar-refractivity contribution >= 4 is 28.6 Å². The average molecular weight is 405 g/mol. The predicted molar refractivity (Wildman–Crippen MR) is 118 cm³/mol. The van der Waals surface area contributed by atoms with Crippen molar-refractivity contribution in [1.82, 2.24) is 9.80 Å². The van der Waals surface area contributed by atoms with Gasteiger partial charge in [-0.25, -0.2) is 4.79 Å². The molecule has 0 atom stereocenters. The lowest BCUT2D eigenvalue weighted by Gasteiger charge is -2.34. The highest BCUT2D eigenvalue weighted by Crippen LogP contribution is 2.27. The third kappa shape index (κ3) is 4.03. The molecule has 4 rings (SSSR count). The second-order valence-corrected chi connectivity index (χ2v) is 7.99. The highest BCUT2D eigenvalue weighted by Gasteiger charge is 2.25. The molecule has 3 amide bonds. The zero-order valence-corrected chi connectivity index (χ0v) is 17.7. The average Bonchev–Trinajstić information content (AvgIpc) is 3.14. The molecule has 0 aliphatic carbocycles. The SMILES string of the molecule is Cc1cccc(NC(=O)N2CCN(C(=O)Cc3coc4c(C)c(C)ccc34)CC2)c1. The summed E-state index contributed by atoms with van der Waals surface area (Å²) in [5.74, 6) is 0.0645. The van der Waals surface area contributed by atoms with Crippen LogP contribution in [0.2, 0.25) is 0 Å². The van der Waals surface area contributed by atoms with Gasteiger partial charge in [0.15, 0.2) is 0 Å². The van der Waals surface area contributed by atoms with Crippen molar-refractivity contribution in [3.8, 4) is 0 Å². The number of carbonyl (C=O) groups excluding carboxylic acids is 2. The number of rotatable bonds is 3. The van der Waals surface area contributed by atoms with Gasteiger partial charge >= 0.3 is 6.03 Å². The van der Waals surface area contributed by atoms with E-state index in [1.54, 1.807) is 11.2 Å². The van der Waals surface area contributed by atoms with Crippen LogP contribution in [0.3, 0.4) is 0 Å². The van der Waals surface area contributed by atoms with Crippen LogP contribution in [0, 0.1) is 20.8 Å². The van der Waals surface area contributed by atoms with Gasteiger partial charge in [0, 0.05) is 42.8 Å². The number of piperazine rings is 1. The van der Waals surface area contributed by atoms with Gasteiger partial charge in [-0.15, -0.1) is 0 Å². The third-order valence-corrected chi connectivity index (χ3v) is 5.87. The van der Waals surface area contributed by atoms with Crippen LogP contribution < -0.4 is 5.32 Å². The van der Waals surface area contributed by atoms with Crippen LogP contribution in [0.1, 0.15) is 22.3 Å². The van der Waals surface area contributed by atoms with Crippen molar-refractivity contribution in [2.45, 2.75) is 27.2 Å². The van der Waals surface area contributed by atoms with E-state index < -0.39 is 0 Å². The summed E-state index contributed by atoms with van der Waals surface area (Å²) in [6.07, 6.45) is 2.01. The minimum Gasteiger partial charge on any atom is -0.464 e. The Balaban J connectivity index is 1.34. The molecule has 1 fully saturated rings. The van der Waals surface area contributed by atoms with E-state index in [-0.39, 0.29) is 11.9 Å². The molecular weight excluding hydrogens is 378 g/mol. The molecule has 30 heavy (non-hydrogen) atoms. The number of furan rings is 1. The van der Waals surface area contributed by atoms with E-state index in [0.29, 0.717) is 32.6 Å². The molecule has 0 spiro atoms. The lowest BCUT2D eigenvalue weighted by Crippen LogP contribution is -2.52. The second-order valence-electron chi connectivity index (χ2n) is 7.99. The Morgan fingerprint density at radius 3 is 2.47 bits per heavy atom. The Kier molecular flexibility index (Phi) is 5.48. The van der Waals surface area contributed by atoms with E-state index >= 15 is 0 Å². The molecule has 3 aromatic rings.